The van der Waals surface area contributed by atoms with E-state index in [2.05, 4.69) is 5.32 Å². The zero-order valence-corrected chi connectivity index (χ0v) is 14.8. The van der Waals surface area contributed by atoms with Gasteiger partial charge in [0.1, 0.15) is 6.04 Å². The number of imide groups is 1. The van der Waals surface area contributed by atoms with E-state index >= 15 is 0 Å². The fourth-order valence-corrected chi connectivity index (χ4v) is 3.32. The second-order valence-corrected chi connectivity index (χ2v) is 6.73. The molecule has 124 valence electrons. The Morgan fingerprint density at radius 2 is 1.83 bits per heavy atom. The van der Waals surface area contributed by atoms with Gasteiger partial charge >= 0.3 is 0 Å². The smallest absolute Gasteiger partial charge is 0.256 e. The summed E-state index contributed by atoms with van der Waals surface area (Å²) in [6, 6.07) is 10.0. The van der Waals surface area contributed by atoms with Gasteiger partial charge < -0.3 is 5.32 Å². The van der Waals surface area contributed by atoms with E-state index in [1.54, 1.807) is 12.1 Å². The molecule has 0 aromatic heterocycles. The molecule has 1 N–H and O–H groups in total. The van der Waals surface area contributed by atoms with E-state index in [0.29, 0.717) is 10.7 Å². The normalized spacial score (nSPS) is 17.5. The minimum Gasteiger partial charge on any atom is -0.373 e. The summed E-state index contributed by atoms with van der Waals surface area (Å²) in [5.41, 5.74) is 3.37. The molecule has 2 aromatic rings. The van der Waals surface area contributed by atoms with Crippen molar-refractivity contribution < 1.29 is 9.59 Å². The molecule has 6 heteroatoms. The van der Waals surface area contributed by atoms with Crippen molar-refractivity contribution in [2.45, 2.75) is 26.3 Å². The van der Waals surface area contributed by atoms with E-state index in [0.717, 1.165) is 21.7 Å². The van der Waals surface area contributed by atoms with Crippen molar-refractivity contribution in [2.75, 3.05) is 10.2 Å². The molecular formula is C18H16Cl2N2O2. The van der Waals surface area contributed by atoms with Crippen LogP contribution in [-0.4, -0.2) is 17.9 Å². The highest BCUT2D eigenvalue weighted by Gasteiger charge is 2.40. The van der Waals surface area contributed by atoms with Crippen LogP contribution in [0.3, 0.4) is 0 Å². The van der Waals surface area contributed by atoms with Gasteiger partial charge in [-0.3, -0.25) is 9.59 Å². The van der Waals surface area contributed by atoms with Crippen LogP contribution in [0.5, 0.6) is 0 Å². The molecule has 24 heavy (non-hydrogen) atoms. The van der Waals surface area contributed by atoms with Crippen molar-refractivity contribution in [3.05, 3.63) is 57.6 Å². The van der Waals surface area contributed by atoms with Gasteiger partial charge in [0, 0.05) is 10.7 Å². The first-order valence-electron chi connectivity index (χ1n) is 7.52. The maximum Gasteiger partial charge on any atom is 0.256 e. The van der Waals surface area contributed by atoms with E-state index in [1.165, 1.54) is 6.07 Å². The quantitative estimate of drug-likeness (QED) is 0.825. The van der Waals surface area contributed by atoms with Gasteiger partial charge in [-0.2, -0.15) is 0 Å². The third-order valence-electron chi connectivity index (χ3n) is 4.01. The van der Waals surface area contributed by atoms with Crippen LogP contribution in [0, 0.1) is 13.8 Å². The van der Waals surface area contributed by atoms with Crippen LogP contribution < -0.4 is 10.2 Å². The van der Waals surface area contributed by atoms with Crippen molar-refractivity contribution in [3.63, 3.8) is 0 Å². The molecule has 1 aliphatic heterocycles. The van der Waals surface area contributed by atoms with Crippen LogP contribution in [0.15, 0.2) is 36.4 Å². The zero-order valence-electron chi connectivity index (χ0n) is 13.3. The zero-order chi connectivity index (χ0) is 17.4. The minimum absolute atomic E-state index is 0.0884. The Bertz CT molecular complexity index is 836. The van der Waals surface area contributed by atoms with Crippen molar-refractivity contribution in [2.24, 2.45) is 0 Å². The molecule has 2 amide bonds. The molecule has 4 nitrogen and oxygen atoms in total. The molecule has 0 radical (unpaired) electrons. The largest absolute Gasteiger partial charge is 0.373 e. The average Bonchev–Trinajstić information content (AvgIpc) is 2.77. The van der Waals surface area contributed by atoms with E-state index < -0.39 is 6.04 Å². The fraction of sp³-hybridized carbons (Fsp3) is 0.222. The highest BCUT2D eigenvalue weighted by atomic mass is 35.5. The molecule has 1 atom stereocenters. The first kappa shape index (κ1) is 16.8. The topological polar surface area (TPSA) is 49.4 Å². The van der Waals surface area contributed by atoms with Crippen molar-refractivity contribution in [3.8, 4) is 0 Å². The number of halogens is 2. The molecule has 0 bridgehead atoms. The summed E-state index contributed by atoms with van der Waals surface area (Å²) in [6.07, 6.45) is 0.0884. The summed E-state index contributed by atoms with van der Waals surface area (Å²) in [4.78, 5) is 26.1. The minimum atomic E-state index is -0.606. The number of hydrogen-bond acceptors (Lipinski definition) is 3. The second-order valence-electron chi connectivity index (χ2n) is 5.88. The second kappa shape index (κ2) is 6.46. The predicted molar refractivity (Wildman–Crippen MR) is 96.9 cm³/mol. The number of carbonyl (C=O) groups excluding carboxylic acids is 2. The van der Waals surface area contributed by atoms with Crippen LogP contribution in [0.2, 0.25) is 10.0 Å². The molecule has 1 heterocycles. The molecule has 1 aliphatic rings. The number of aryl methyl sites for hydroxylation is 2. The third-order valence-corrected chi connectivity index (χ3v) is 4.55. The SMILES string of the molecule is Cc1ccc(NC2CC(=O)N(c3ccc(Cl)cc3Cl)C2=O)c(C)c1. The Labute approximate surface area is 150 Å². The Hall–Kier alpha value is -2.04. The first-order valence-corrected chi connectivity index (χ1v) is 8.28. The highest BCUT2D eigenvalue weighted by molar-refractivity contribution is 6.38. The van der Waals surface area contributed by atoms with Crippen LogP contribution in [0.1, 0.15) is 17.5 Å². The Kier molecular flexibility index (Phi) is 4.52. The van der Waals surface area contributed by atoms with Gasteiger partial charge in [0.15, 0.2) is 0 Å². The molecule has 0 spiro atoms. The molecule has 1 saturated heterocycles. The number of carbonyl (C=O) groups is 2. The van der Waals surface area contributed by atoms with Crippen molar-refractivity contribution in [1.29, 1.82) is 0 Å². The summed E-state index contributed by atoms with van der Waals surface area (Å²) >= 11 is 12.0. The molecule has 1 unspecified atom stereocenters. The summed E-state index contributed by atoms with van der Waals surface area (Å²) in [6.45, 7) is 3.97. The molecule has 0 aliphatic carbocycles. The predicted octanol–water partition coefficient (Wildman–Crippen LogP) is 4.35. The number of amides is 2. The van der Waals surface area contributed by atoms with Crippen LogP contribution >= 0.6 is 23.2 Å². The van der Waals surface area contributed by atoms with Gasteiger partial charge in [-0.1, -0.05) is 40.9 Å². The lowest BCUT2D eigenvalue weighted by Crippen LogP contribution is -2.35. The van der Waals surface area contributed by atoms with E-state index in [-0.39, 0.29) is 23.3 Å². The van der Waals surface area contributed by atoms with Gasteiger partial charge in [0.25, 0.3) is 5.91 Å². The molecule has 3 rings (SSSR count). The van der Waals surface area contributed by atoms with Crippen molar-refractivity contribution in [1.82, 2.24) is 0 Å². The maximum atomic E-state index is 12.7. The first-order chi connectivity index (χ1) is 11.4. The molecular weight excluding hydrogens is 347 g/mol. The number of nitrogens with zero attached hydrogens (tertiary/aromatic N) is 1. The summed E-state index contributed by atoms with van der Waals surface area (Å²) in [7, 11) is 0. The lowest BCUT2D eigenvalue weighted by Gasteiger charge is -2.18. The number of nitrogens with one attached hydrogen (secondary N) is 1. The maximum absolute atomic E-state index is 12.7. The van der Waals surface area contributed by atoms with Gasteiger partial charge in [-0.25, -0.2) is 4.90 Å². The number of hydrogen-bond donors (Lipinski definition) is 1. The van der Waals surface area contributed by atoms with E-state index in [1.807, 2.05) is 32.0 Å². The Morgan fingerprint density at radius 3 is 2.50 bits per heavy atom. The number of anilines is 2. The molecule has 0 saturated carbocycles. The standard InChI is InChI=1S/C18H16Cl2N2O2/c1-10-3-5-14(11(2)7-10)21-15-9-17(23)22(18(15)24)16-6-4-12(19)8-13(16)20/h3-8,15,21H,9H2,1-2H3. The third kappa shape index (κ3) is 3.12. The summed E-state index contributed by atoms with van der Waals surface area (Å²) in [5.74, 6) is -0.601. The van der Waals surface area contributed by atoms with E-state index in [4.69, 9.17) is 23.2 Å². The van der Waals surface area contributed by atoms with Crippen LogP contribution in [0.25, 0.3) is 0 Å². The number of rotatable bonds is 3. The fourth-order valence-electron chi connectivity index (χ4n) is 2.82. The van der Waals surface area contributed by atoms with Crippen LogP contribution in [0.4, 0.5) is 11.4 Å². The highest BCUT2D eigenvalue weighted by Crippen LogP contribution is 2.33. The van der Waals surface area contributed by atoms with Gasteiger partial charge in [-0.05, 0) is 43.7 Å². The van der Waals surface area contributed by atoms with Crippen molar-refractivity contribution >= 4 is 46.4 Å². The monoisotopic (exact) mass is 362 g/mol. The number of benzene rings is 2. The van der Waals surface area contributed by atoms with Gasteiger partial charge in [0.2, 0.25) is 5.91 Å². The lowest BCUT2D eigenvalue weighted by atomic mass is 10.1. The summed E-state index contributed by atoms with van der Waals surface area (Å²) < 4.78 is 0. The Morgan fingerprint density at radius 1 is 1.08 bits per heavy atom. The van der Waals surface area contributed by atoms with Crippen LogP contribution in [-0.2, 0) is 9.59 Å². The Balaban J connectivity index is 1.86. The molecule has 1 fully saturated rings. The van der Waals surface area contributed by atoms with Gasteiger partial charge in [0.05, 0.1) is 17.1 Å². The van der Waals surface area contributed by atoms with E-state index in [9.17, 15) is 9.59 Å². The van der Waals surface area contributed by atoms with Gasteiger partial charge in [-0.15, -0.1) is 0 Å². The summed E-state index contributed by atoms with van der Waals surface area (Å²) in [5, 5.41) is 3.89. The average molecular weight is 363 g/mol. The molecule has 2 aromatic carbocycles. The lowest BCUT2D eigenvalue weighted by molar-refractivity contribution is -0.121.